The van der Waals surface area contributed by atoms with Crippen LogP contribution in [0.25, 0.3) is 0 Å². The molecule has 1 unspecified atom stereocenters. The molecule has 128 valence electrons. The van der Waals surface area contributed by atoms with Crippen molar-refractivity contribution in [1.29, 1.82) is 0 Å². The van der Waals surface area contributed by atoms with Crippen LogP contribution in [-0.2, 0) is 6.54 Å². The SMILES string of the molecule is Cc1nnsc1CNC(=O)N1CCC(C)(C)C(c2ccccc2)C1. The highest BCUT2D eigenvalue weighted by Crippen LogP contribution is 2.42. The van der Waals surface area contributed by atoms with Gasteiger partial charge in [-0.1, -0.05) is 48.7 Å². The standard InChI is InChI=1S/C18H24N4OS/c1-13-16(24-21-20-13)11-19-17(23)22-10-9-18(2,3)15(12-22)14-7-5-4-6-8-14/h4-8,15H,9-12H2,1-3H3,(H,19,23). The van der Waals surface area contributed by atoms with Gasteiger partial charge in [-0.05, 0) is 35.9 Å². The van der Waals surface area contributed by atoms with E-state index < -0.39 is 0 Å². The minimum Gasteiger partial charge on any atom is -0.333 e. The highest BCUT2D eigenvalue weighted by atomic mass is 32.1. The monoisotopic (exact) mass is 344 g/mol. The van der Waals surface area contributed by atoms with Crippen molar-refractivity contribution in [3.63, 3.8) is 0 Å². The fourth-order valence-corrected chi connectivity index (χ4v) is 3.83. The third-order valence-corrected chi connectivity index (χ3v) is 5.83. The van der Waals surface area contributed by atoms with Gasteiger partial charge in [-0.3, -0.25) is 0 Å². The number of hydrogen-bond donors (Lipinski definition) is 1. The van der Waals surface area contributed by atoms with E-state index >= 15 is 0 Å². The molecule has 0 radical (unpaired) electrons. The Hall–Kier alpha value is -1.95. The van der Waals surface area contributed by atoms with Crippen LogP contribution in [0.5, 0.6) is 0 Å². The molecule has 0 saturated carbocycles. The van der Waals surface area contributed by atoms with Crippen LogP contribution >= 0.6 is 11.5 Å². The lowest BCUT2D eigenvalue weighted by Gasteiger charge is -2.44. The number of carbonyl (C=O) groups excluding carboxylic acids is 1. The molecule has 1 atom stereocenters. The van der Waals surface area contributed by atoms with E-state index in [-0.39, 0.29) is 11.4 Å². The summed E-state index contributed by atoms with van der Waals surface area (Å²) in [6, 6.07) is 10.5. The smallest absolute Gasteiger partial charge is 0.317 e. The van der Waals surface area contributed by atoms with Gasteiger partial charge < -0.3 is 10.2 Å². The van der Waals surface area contributed by atoms with E-state index in [9.17, 15) is 4.79 Å². The van der Waals surface area contributed by atoms with Gasteiger partial charge in [0.25, 0.3) is 0 Å². The van der Waals surface area contributed by atoms with Crippen LogP contribution in [0.4, 0.5) is 4.79 Å². The van der Waals surface area contributed by atoms with E-state index in [0.717, 1.165) is 30.1 Å². The third-order valence-electron chi connectivity index (χ3n) is 5.01. The van der Waals surface area contributed by atoms with Gasteiger partial charge in [0.15, 0.2) is 0 Å². The van der Waals surface area contributed by atoms with E-state index in [1.54, 1.807) is 0 Å². The van der Waals surface area contributed by atoms with Crippen LogP contribution in [0, 0.1) is 12.3 Å². The van der Waals surface area contributed by atoms with Gasteiger partial charge in [-0.15, -0.1) is 5.10 Å². The van der Waals surface area contributed by atoms with Crippen LogP contribution in [0.2, 0.25) is 0 Å². The lowest BCUT2D eigenvalue weighted by atomic mass is 9.70. The van der Waals surface area contributed by atoms with Crippen molar-refractivity contribution in [3.8, 4) is 0 Å². The number of carbonyl (C=O) groups is 1. The Bertz CT molecular complexity index is 698. The molecule has 2 aromatic rings. The topological polar surface area (TPSA) is 58.1 Å². The van der Waals surface area contributed by atoms with Crippen molar-refractivity contribution >= 4 is 17.6 Å². The molecule has 0 spiro atoms. The lowest BCUT2D eigenvalue weighted by molar-refractivity contribution is 0.117. The van der Waals surface area contributed by atoms with E-state index in [1.165, 1.54) is 17.1 Å². The molecule has 1 aliphatic rings. The Balaban J connectivity index is 1.66. The number of nitrogens with zero attached hydrogens (tertiary/aromatic N) is 3. The predicted molar refractivity (Wildman–Crippen MR) is 96.0 cm³/mol. The Morgan fingerprint density at radius 2 is 2.12 bits per heavy atom. The number of urea groups is 1. The second-order valence-corrected chi connectivity index (χ2v) is 7.93. The molecule has 0 bridgehead atoms. The molecule has 1 aromatic carbocycles. The van der Waals surface area contributed by atoms with E-state index in [0.29, 0.717) is 12.5 Å². The molecule has 5 nitrogen and oxygen atoms in total. The van der Waals surface area contributed by atoms with Gasteiger partial charge in [0.1, 0.15) is 0 Å². The molecule has 2 amide bonds. The Morgan fingerprint density at radius 1 is 1.38 bits per heavy atom. The van der Waals surface area contributed by atoms with Crippen molar-refractivity contribution < 1.29 is 4.79 Å². The summed E-state index contributed by atoms with van der Waals surface area (Å²) in [6.45, 7) is 8.56. The van der Waals surface area contributed by atoms with E-state index in [2.05, 4.69) is 53.0 Å². The second kappa shape index (κ2) is 6.89. The fraction of sp³-hybridized carbons (Fsp3) is 0.500. The summed E-state index contributed by atoms with van der Waals surface area (Å²) in [6.07, 6.45) is 1.00. The highest BCUT2D eigenvalue weighted by Gasteiger charge is 2.37. The summed E-state index contributed by atoms with van der Waals surface area (Å²) in [5.41, 5.74) is 2.39. The second-order valence-electron chi connectivity index (χ2n) is 7.09. The maximum absolute atomic E-state index is 12.6. The molecule has 1 aliphatic heterocycles. The zero-order chi connectivity index (χ0) is 17.2. The first kappa shape index (κ1) is 16.9. The zero-order valence-corrected chi connectivity index (χ0v) is 15.3. The first-order valence-corrected chi connectivity index (χ1v) is 9.10. The van der Waals surface area contributed by atoms with Crippen LogP contribution in [0.3, 0.4) is 0 Å². The number of piperidine rings is 1. The molecular formula is C18H24N4OS. The zero-order valence-electron chi connectivity index (χ0n) is 14.5. The summed E-state index contributed by atoms with van der Waals surface area (Å²) in [5, 5.41) is 6.99. The van der Waals surface area contributed by atoms with Crippen LogP contribution < -0.4 is 5.32 Å². The maximum atomic E-state index is 12.6. The van der Waals surface area contributed by atoms with Gasteiger partial charge in [-0.2, -0.15) is 0 Å². The summed E-state index contributed by atoms with van der Waals surface area (Å²) in [5.74, 6) is 0.352. The number of nitrogens with one attached hydrogen (secondary N) is 1. The van der Waals surface area contributed by atoms with Crippen molar-refractivity contribution in [2.75, 3.05) is 13.1 Å². The molecule has 0 aliphatic carbocycles. The molecule has 3 rings (SSSR count). The Kier molecular flexibility index (Phi) is 4.85. The first-order valence-electron chi connectivity index (χ1n) is 8.33. The molecule has 1 saturated heterocycles. The number of hydrogen-bond acceptors (Lipinski definition) is 4. The number of rotatable bonds is 3. The van der Waals surface area contributed by atoms with Crippen molar-refractivity contribution in [2.45, 2.75) is 39.7 Å². The predicted octanol–water partition coefficient (Wildman–Crippen LogP) is 3.57. The van der Waals surface area contributed by atoms with Crippen LogP contribution in [-0.4, -0.2) is 33.6 Å². The molecule has 1 aromatic heterocycles. The summed E-state index contributed by atoms with van der Waals surface area (Å²) in [7, 11) is 0. The first-order chi connectivity index (χ1) is 11.5. The third kappa shape index (κ3) is 3.59. The van der Waals surface area contributed by atoms with E-state index in [1.807, 2.05) is 17.9 Å². The van der Waals surface area contributed by atoms with Gasteiger partial charge >= 0.3 is 6.03 Å². The summed E-state index contributed by atoms with van der Waals surface area (Å²) < 4.78 is 3.91. The molecule has 2 heterocycles. The molecule has 1 N–H and O–H groups in total. The van der Waals surface area contributed by atoms with Crippen molar-refractivity contribution in [2.24, 2.45) is 5.41 Å². The number of likely N-dealkylation sites (tertiary alicyclic amines) is 1. The van der Waals surface area contributed by atoms with Gasteiger partial charge in [0.2, 0.25) is 0 Å². The largest absolute Gasteiger partial charge is 0.333 e. The van der Waals surface area contributed by atoms with Crippen molar-refractivity contribution in [3.05, 3.63) is 46.5 Å². The van der Waals surface area contributed by atoms with Gasteiger partial charge in [-0.25, -0.2) is 4.79 Å². The summed E-state index contributed by atoms with van der Waals surface area (Å²) in [4.78, 5) is 15.5. The Labute approximate surface area is 147 Å². The number of benzene rings is 1. The lowest BCUT2D eigenvalue weighted by Crippen LogP contribution is -2.49. The molecule has 6 heteroatoms. The Morgan fingerprint density at radius 3 is 2.79 bits per heavy atom. The molecule has 1 fully saturated rings. The molecule has 24 heavy (non-hydrogen) atoms. The summed E-state index contributed by atoms with van der Waals surface area (Å²) >= 11 is 1.34. The van der Waals surface area contributed by atoms with Crippen LogP contribution in [0.15, 0.2) is 30.3 Å². The quantitative estimate of drug-likeness (QED) is 0.926. The van der Waals surface area contributed by atoms with Gasteiger partial charge in [0, 0.05) is 19.0 Å². The fourth-order valence-electron chi connectivity index (χ4n) is 3.26. The highest BCUT2D eigenvalue weighted by molar-refractivity contribution is 7.05. The van der Waals surface area contributed by atoms with Crippen molar-refractivity contribution in [1.82, 2.24) is 19.8 Å². The minimum atomic E-state index is -0.000712. The van der Waals surface area contributed by atoms with E-state index in [4.69, 9.17) is 0 Å². The number of aromatic nitrogens is 2. The molecular weight excluding hydrogens is 320 g/mol. The minimum absolute atomic E-state index is 0.000712. The number of amides is 2. The van der Waals surface area contributed by atoms with Crippen LogP contribution in [0.1, 0.15) is 42.3 Å². The average Bonchev–Trinajstić information content (AvgIpc) is 2.98. The normalized spacial score (nSPS) is 20.0. The average molecular weight is 344 g/mol. The maximum Gasteiger partial charge on any atom is 0.317 e. The van der Waals surface area contributed by atoms with Gasteiger partial charge in [0.05, 0.1) is 17.1 Å². The number of aryl methyl sites for hydroxylation is 1.